The number of ether oxygens (including phenoxy) is 1. The van der Waals surface area contributed by atoms with E-state index in [-0.39, 0.29) is 30.1 Å². The van der Waals surface area contributed by atoms with Gasteiger partial charge in [0.25, 0.3) is 5.91 Å². The van der Waals surface area contributed by atoms with Gasteiger partial charge in [-0.25, -0.2) is 0 Å². The summed E-state index contributed by atoms with van der Waals surface area (Å²) in [5.41, 5.74) is -0.209. The lowest BCUT2D eigenvalue weighted by Gasteiger charge is -2.28. The second-order valence-electron chi connectivity index (χ2n) is 10.1. The lowest BCUT2D eigenvalue weighted by atomic mass is 9.95. The number of nitrogens with zero attached hydrogens (tertiary/aromatic N) is 1. The maximum atomic E-state index is 13.2. The standard InChI is InChI=1S/C22H32F3N3O6/c1-12(2)7-16(29)20(33)28-11-21(4-5-21)9-15(28)19(32)27-14(8-13-3-6-26-18(13)31)17(30)10-34-22(23,24)25/h12-16,29H,3-11H2,1-2H3,(H,26,31)(H,27,32)/t13?,14?,15-,16+/m0/s1. The van der Waals surface area contributed by atoms with Crippen LogP contribution in [0.25, 0.3) is 0 Å². The molecular formula is C22H32F3N3O6. The Morgan fingerprint density at radius 3 is 2.50 bits per heavy atom. The fraction of sp³-hybridized carbons (Fsp3) is 0.818. The first-order valence-corrected chi connectivity index (χ1v) is 11.6. The van der Waals surface area contributed by atoms with Gasteiger partial charge >= 0.3 is 6.36 Å². The van der Waals surface area contributed by atoms with E-state index in [1.54, 1.807) is 0 Å². The zero-order valence-corrected chi connectivity index (χ0v) is 19.3. The van der Waals surface area contributed by atoms with E-state index in [9.17, 15) is 37.5 Å². The summed E-state index contributed by atoms with van der Waals surface area (Å²) < 4.78 is 41.0. The predicted molar refractivity (Wildman–Crippen MR) is 112 cm³/mol. The highest BCUT2D eigenvalue weighted by Crippen LogP contribution is 2.55. The fourth-order valence-electron chi connectivity index (χ4n) is 4.75. The van der Waals surface area contributed by atoms with Crippen molar-refractivity contribution in [1.82, 2.24) is 15.5 Å². The van der Waals surface area contributed by atoms with E-state index in [0.29, 0.717) is 25.9 Å². The van der Waals surface area contributed by atoms with Crippen LogP contribution in [0, 0.1) is 17.3 Å². The van der Waals surface area contributed by atoms with Crippen LogP contribution in [-0.2, 0) is 23.9 Å². The van der Waals surface area contributed by atoms with Crippen LogP contribution in [0.15, 0.2) is 0 Å². The van der Waals surface area contributed by atoms with Gasteiger partial charge in [0.2, 0.25) is 11.8 Å². The molecule has 0 aromatic heterocycles. The highest BCUT2D eigenvalue weighted by atomic mass is 19.4. The zero-order chi connectivity index (χ0) is 25.3. The number of amides is 3. The Morgan fingerprint density at radius 1 is 1.29 bits per heavy atom. The first kappa shape index (κ1) is 26.4. The molecule has 12 heteroatoms. The van der Waals surface area contributed by atoms with Crippen molar-refractivity contribution in [3.63, 3.8) is 0 Å². The number of halogens is 3. The molecule has 4 atom stereocenters. The minimum absolute atomic E-state index is 0.0527. The van der Waals surface area contributed by atoms with Gasteiger partial charge in [0.05, 0.1) is 6.04 Å². The van der Waals surface area contributed by atoms with Gasteiger partial charge in [-0.2, -0.15) is 0 Å². The molecule has 2 aliphatic heterocycles. The predicted octanol–water partition coefficient (Wildman–Crippen LogP) is 0.891. The van der Waals surface area contributed by atoms with Crippen molar-refractivity contribution in [2.24, 2.45) is 17.3 Å². The van der Waals surface area contributed by atoms with Crippen molar-refractivity contribution >= 4 is 23.5 Å². The molecule has 3 aliphatic rings. The van der Waals surface area contributed by atoms with E-state index < -0.39 is 54.7 Å². The third kappa shape index (κ3) is 6.68. The van der Waals surface area contributed by atoms with Crippen LogP contribution in [0.3, 0.4) is 0 Å². The maximum absolute atomic E-state index is 13.2. The molecule has 34 heavy (non-hydrogen) atoms. The number of aliphatic hydroxyl groups is 1. The summed E-state index contributed by atoms with van der Waals surface area (Å²) in [6.07, 6.45) is -3.85. The quantitative estimate of drug-likeness (QED) is 0.417. The first-order chi connectivity index (χ1) is 15.8. The molecule has 3 rings (SSSR count). The average Bonchev–Trinajstić information content (AvgIpc) is 3.19. The third-order valence-corrected chi connectivity index (χ3v) is 6.80. The van der Waals surface area contributed by atoms with Gasteiger partial charge in [0.1, 0.15) is 18.8 Å². The van der Waals surface area contributed by atoms with Crippen LogP contribution in [0.4, 0.5) is 13.2 Å². The summed E-state index contributed by atoms with van der Waals surface area (Å²) >= 11 is 0. The van der Waals surface area contributed by atoms with Gasteiger partial charge in [-0.3, -0.25) is 23.9 Å². The molecule has 2 heterocycles. The molecule has 2 saturated heterocycles. The molecule has 0 radical (unpaired) electrons. The molecule has 3 N–H and O–H groups in total. The van der Waals surface area contributed by atoms with Crippen molar-refractivity contribution in [2.45, 2.75) is 76.9 Å². The number of hydrogen-bond donors (Lipinski definition) is 3. The molecule has 0 bridgehead atoms. The van der Waals surface area contributed by atoms with Crippen molar-refractivity contribution < 1.29 is 42.2 Å². The van der Waals surface area contributed by atoms with Crippen LogP contribution in [-0.4, -0.2) is 77.8 Å². The van der Waals surface area contributed by atoms with Crippen molar-refractivity contribution in [3.05, 3.63) is 0 Å². The molecule has 2 unspecified atom stereocenters. The monoisotopic (exact) mass is 491 g/mol. The highest BCUT2D eigenvalue weighted by Gasteiger charge is 2.56. The molecule has 192 valence electrons. The second kappa shape index (κ2) is 10.2. The number of nitrogens with one attached hydrogen (secondary N) is 2. The topological polar surface area (TPSA) is 125 Å². The number of alkyl halides is 3. The Labute approximate surface area is 195 Å². The normalized spacial score (nSPS) is 25.4. The van der Waals surface area contributed by atoms with Gasteiger partial charge < -0.3 is 20.6 Å². The average molecular weight is 492 g/mol. The number of hydrogen-bond acceptors (Lipinski definition) is 6. The summed E-state index contributed by atoms with van der Waals surface area (Å²) in [5.74, 6) is -3.19. The third-order valence-electron chi connectivity index (χ3n) is 6.80. The second-order valence-corrected chi connectivity index (χ2v) is 10.1. The Hall–Kier alpha value is -2.21. The van der Waals surface area contributed by atoms with Crippen LogP contribution < -0.4 is 10.6 Å². The maximum Gasteiger partial charge on any atom is 0.522 e. The van der Waals surface area contributed by atoms with Gasteiger partial charge in [-0.05, 0) is 49.9 Å². The Kier molecular flexibility index (Phi) is 7.91. The molecule has 9 nitrogen and oxygen atoms in total. The lowest BCUT2D eigenvalue weighted by Crippen LogP contribution is -2.53. The Balaban J connectivity index is 1.73. The molecule has 3 amide bonds. The molecular weight excluding hydrogens is 459 g/mol. The van der Waals surface area contributed by atoms with E-state index in [1.807, 2.05) is 13.8 Å². The number of carbonyl (C=O) groups excluding carboxylic acids is 4. The molecule has 0 aromatic rings. The zero-order valence-electron chi connectivity index (χ0n) is 19.3. The number of aliphatic hydroxyl groups excluding tert-OH is 1. The summed E-state index contributed by atoms with van der Waals surface area (Å²) in [4.78, 5) is 51.9. The fourth-order valence-corrected chi connectivity index (χ4v) is 4.75. The highest BCUT2D eigenvalue weighted by molar-refractivity contribution is 5.95. The Bertz CT molecular complexity index is 814. The Morgan fingerprint density at radius 2 is 1.97 bits per heavy atom. The first-order valence-electron chi connectivity index (χ1n) is 11.6. The summed E-state index contributed by atoms with van der Waals surface area (Å²) in [6, 6.07) is -2.33. The van der Waals surface area contributed by atoms with Crippen LogP contribution in [0.1, 0.15) is 52.4 Å². The molecule has 1 aliphatic carbocycles. The number of carbonyl (C=O) groups is 4. The van der Waals surface area contributed by atoms with Gasteiger partial charge in [-0.1, -0.05) is 13.8 Å². The largest absolute Gasteiger partial charge is 0.522 e. The SMILES string of the molecule is CC(C)C[C@@H](O)C(=O)N1CC2(CC2)C[C@H]1C(=O)NC(CC1CCNC1=O)C(=O)COC(F)(F)F. The van der Waals surface area contributed by atoms with Crippen LogP contribution >= 0.6 is 0 Å². The van der Waals surface area contributed by atoms with E-state index in [4.69, 9.17) is 0 Å². The number of rotatable bonds is 10. The van der Waals surface area contributed by atoms with Gasteiger partial charge in [0.15, 0.2) is 5.78 Å². The van der Waals surface area contributed by atoms with Gasteiger partial charge in [-0.15, -0.1) is 13.2 Å². The number of likely N-dealkylation sites (tertiary alicyclic amines) is 1. The van der Waals surface area contributed by atoms with Gasteiger partial charge in [0, 0.05) is 19.0 Å². The van der Waals surface area contributed by atoms with E-state index >= 15 is 0 Å². The smallest absolute Gasteiger partial charge is 0.383 e. The van der Waals surface area contributed by atoms with Crippen LogP contribution in [0.2, 0.25) is 0 Å². The molecule has 3 fully saturated rings. The summed E-state index contributed by atoms with van der Waals surface area (Å²) in [5, 5.41) is 15.4. The van der Waals surface area contributed by atoms with Crippen molar-refractivity contribution in [3.8, 4) is 0 Å². The number of ketones is 1. The molecule has 1 saturated carbocycles. The van der Waals surface area contributed by atoms with E-state index in [1.165, 1.54) is 4.90 Å². The molecule has 1 spiro atoms. The lowest BCUT2D eigenvalue weighted by molar-refractivity contribution is -0.321. The number of Topliss-reactive ketones (excluding diaryl/α,β-unsaturated/α-hetero) is 1. The van der Waals surface area contributed by atoms with Crippen molar-refractivity contribution in [1.29, 1.82) is 0 Å². The van der Waals surface area contributed by atoms with Crippen molar-refractivity contribution in [2.75, 3.05) is 19.7 Å². The summed E-state index contributed by atoms with van der Waals surface area (Å²) in [7, 11) is 0. The molecule has 0 aromatic carbocycles. The minimum atomic E-state index is -5.02. The van der Waals surface area contributed by atoms with E-state index in [0.717, 1.165) is 12.8 Å². The summed E-state index contributed by atoms with van der Waals surface area (Å²) in [6.45, 7) is 3.09. The van der Waals surface area contributed by atoms with E-state index in [2.05, 4.69) is 15.4 Å². The van der Waals surface area contributed by atoms with Crippen LogP contribution in [0.5, 0.6) is 0 Å². The minimum Gasteiger partial charge on any atom is -0.383 e.